The molecule has 9 nitrogen and oxygen atoms in total. The van der Waals surface area contributed by atoms with Gasteiger partial charge in [0.25, 0.3) is 0 Å². The average molecular weight is 523 g/mol. The zero-order valence-electron chi connectivity index (χ0n) is 21.4. The Kier molecular flexibility index (Phi) is 10.7. The van der Waals surface area contributed by atoms with Gasteiger partial charge in [0, 0.05) is 27.2 Å². The standard InChI is InChI=1S/C25H35FN4O5S/c1-6-15-27-25(32)23(7-2)29(17-19-9-8-10-22(16-19)35-5)24(31)18-30(36(33,34)28(3)4)21-13-11-20(26)12-14-21/h8-14,16,23H,6-7,15,17-18H2,1-5H3,(H,27,32). The molecule has 2 aromatic carbocycles. The highest BCUT2D eigenvalue weighted by atomic mass is 32.2. The van der Waals surface area contributed by atoms with Gasteiger partial charge in [0.1, 0.15) is 24.2 Å². The van der Waals surface area contributed by atoms with Gasteiger partial charge in [0.2, 0.25) is 11.8 Å². The van der Waals surface area contributed by atoms with Gasteiger partial charge in [-0.25, -0.2) is 8.70 Å². The molecule has 0 aliphatic rings. The molecule has 0 heterocycles. The van der Waals surface area contributed by atoms with Gasteiger partial charge in [-0.1, -0.05) is 26.0 Å². The van der Waals surface area contributed by atoms with Crippen LogP contribution in [0, 0.1) is 5.82 Å². The third-order valence-corrected chi connectivity index (χ3v) is 7.38. The molecule has 1 atom stereocenters. The van der Waals surface area contributed by atoms with Crippen molar-refractivity contribution >= 4 is 27.7 Å². The van der Waals surface area contributed by atoms with Crippen LogP contribution in [0.4, 0.5) is 10.1 Å². The fourth-order valence-corrected chi connectivity index (χ4v) is 4.63. The van der Waals surface area contributed by atoms with Crippen molar-refractivity contribution < 1.29 is 27.1 Å². The minimum absolute atomic E-state index is 0.0629. The summed E-state index contributed by atoms with van der Waals surface area (Å²) in [4.78, 5) is 28.1. The van der Waals surface area contributed by atoms with Gasteiger partial charge < -0.3 is 15.0 Å². The minimum Gasteiger partial charge on any atom is -0.497 e. The van der Waals surface area contributed by atoms with Crippen LogP contribution in [0.15, 0.2) is 48.5 Å². The summed E-state index contributed by atoms with van der Waals surface area (Å²) in [7, 11) is 0.111. The molecule has 0 saturated heterocycles. The molecular formula is C25H35FN4O5S. The second-order valence-electron chi connectivity index (χ2n) is 8.36. The van der Waals surface area contributed by atoms with Crippen LogP contribution in [-0.4, -0.2) is 69.8 Å². The van der Waals surface area contributed by atoms with Crippen molar-refractivity contribution in [2.24, 2.45) is 0 Å². The monoisotopic (exact) mass is 522 g/mol. The molecule has 1 N–H and O–H groups in total. The van der Waals surface area contributed by atoms with Crippen molar-refractivity contribution in [2.75, 3.05) is 38.6 Å². The first-order valence-electron chi connectivity index (χ1n) is 11.7. The van der Waals surface area contributed by atoms with Crippen LogP contribution < -0.4 is 14.4 Å². The van der Waals surface area contributed by atoms with E-state index >= 15 is 0 Å². The third kappa shape index (κ3) is 7.41. The van der Waals surface area contributed by atoms with E-state index in [9.17, 15) is 22.4 Å². The number of ether oxygens (including phenoxy) is 1. The van der Waals surface area contributed by atoms with Crippen LogP contribution in [0.1, 0.15) is 32.3 Å². The van der Waals surface area contributed by atoms with Crippen molar-refractivity contribution in [2.45, 2.75) is 39.3 Å². The minimum atomic E-state index is -4.11. The van der Waals surface area contributed by atoms with E-state index in [-0.39, 0.29) is 18.1 Å². The van der Waals surface area contributed by atoms with Crippen molar-refractivity contribution in [3.05, 3.63) is 59.9 Å². The maximum atomic E-state index is 13.7. The molecule has 198 valence electrons. The predicted octanol–water partition coefficient (Wildman–Crippen LogP) is 2.78. The van der Waals surface area contributed by atoms with E-state index in [0.717, 1.165) is 27.2 Å². The fraction of sp³-hybridized carbons (Fsp3) is 0.440. The smallest absolute Gasteiger partial charge is 0.304 e. The summed E-state index contributed by atoms with van der Waals surface area (Å²) in [5.74, 6) is -0.845. The highest BCUT2D eigenvalue weighted by Crippen LogP contribution is 2.22. The summed E-state index contributed by atoms with van der Waals surface area (Å²) in [5, 5.41) is 2.83. The highest BCUT2D eigenvalue weighted by Gasteiger charge is 2.33. The number of anilines is 1. The number of methoxy groups -OCH3 is 1. The van der Waals surface area contributed by atoms with E-state index in [2.05, 4.69) is 5.32 Å². The van der Waals surface area contributed by atoms with Crippen molar-refractivity contribution in [1.29, 1.82) is 0 Å². The van der Waals surface area contributed by atoms with Crippen LogP contribution in [0.5, 0.6) is 5.75 Å². The highest BCUT2D eigenvalue weighted by molar-refractivity contribution is 7.90. The predicted molar refractivity (Wildman–Crippen MR) is 137 cm³/mol. The van der Waals surface area contributed by atoms with E-state index in [1.807, 2.05) is 6.92 Å². The number of hydrogen-bond acceptors (Lipinski definition) is 5. The zero-order chi connectivity index (χ0) is 26.9. The number of carbonyl (C=O) groups excluding carboxylic acids is 2. The lowest BCUT2D eigenvalue weighted by Crippen LogP contribution is -2.53. The van der Waals surface area contributed by atoms with Gasteiger partial charge in [0.05, 0.1) is 12.8 Å². The van der Waals surface area contributed by atoms with Gasteiger partial charge in [-0.2, -0.15) is 12.7 Å². The van der Waals surface area contributed by atoms with Gasteiger partial charge in [-0.15, -0.1) is 0 Å². The van der Waals surface area contributed by atoms with E-state index in [4.69, 9.17) is 4.74 Å². The van der Waals surface area contributed by atoms with E-state index in [1.54, 1.807) is 31.2 Å². The molecule has 0 fully saturated rings. The number of hydrogen-bond donors (Lipinski definition) is 1. The largest absolute Gasteiger partial charge is 0.497 e. The molecule has 0 spiro atoms. The van der Waals surface area contributed by atoms with Gasteiger partial charge >= 0.3 is 10.2 Å². The molecule has 0 aliphatic carbocycles. The number of nitrogens with one attached hydrogen (secondary N) is 1. The Morgan fingerprint density at radius 2 is 1.75 bits per heavy atom. The number of carbonyl (C=O) groups is 2. The van der Waals surface area contributed by atoms with Gasteiger partial charge in [-0.05, 0) is 54.8 Å². The number of amides is 2. The maximum absolute atomic E-state index is 13.7. The Balaban J connectivity index is 2.49. The van der Waals surface area contributed by atoms with Gasteiger partial charge in [0.15, 0.2) is 0 Å². The Morgan fingerprint density at radius 1 is 1.08 bits per heavy atom. The van der Waals surface area contributed by atoms with Gasteiger partial charge in [-0.3, -0.25) is 9.59 Å². The molecule has 0 radical (unpaired) electrons. The van der Waals surface area contributed by atoms with E-state index in [1.165, 1.54) is 38.2 Å². The van der Waals surface area contributed by atoms with Crippen molar-refractivity contribution in [3.63, 3.8) is 0 Å². The molecule has 11 heteroatoms. The van der Waals surface area contributed by atoms with Crippen LogP contribution >= 0.6 is 0 Å². The molecule has 1 unspecified atom stereocenters. The van der Waals surface area contributed by atoms with Crippen LogP contribution in [-0.2, 0) is 26.3 Å². The first-order valence-corrected chi connectivity index (χ1v) is 13.1. The average Bonchev–Trinajstić information content (AvgIpc) is 2.86. The summed E-state index contributed by atoms with van der Waals surface area (Å²) in [6.07, 6.45) is 1.05. The molecule has 2 amide bonds. The number of halogens is 1. The number of rotatable bonds is 13. The Bertz CT molecular complexity index is 1130. The molecule has 2 rings (SSSR count). The van der Waals surface area contributed by atoms with Crippen LogP contribution in [0.2, 0.25) is 0 Å². The molecule has 36 heavy (non-hydrogen) atoms. The number of benzene rings is 2. The molecule has 2 aromatic rings. The SMILES string of the molecule is CCCNC(=O)C(CC)N(Cc1cccc(OC)c1)C(=O)CN(c1ccc(F)cc1)S(=O)(=O)N(C)C. The Morgan fingerprint density at radius 3 is 2.31 bits per heavy atom. The second kappa shape index (κ2) is 13.2. The Labute approximate surface area is 213 Å². The molecular weight excluding hydrogens is 487 g/mol. The molecule has 0 aromatic heterocycles. The molecule has 0 aliphatic heterocycles. The normalized spacial score (nSPS) is 12.2. The summed E-state index contributed by atoms with van der Waals surface area (Å²) in [5.41, 5.74) is 0.844. The maximum Gasteiger partial charge on any atom is 0.304 e. The van der Waals surface area contributed by atoms with E-state index < -0.39 is 34.5 Å². The second-order valence-corrected chi connectivity index (χ2v) is 10.4. The summed E-state index contributed by atoms with van der Waals surface area (Å²) < 4.78 is 46.9. The summed E-state index contributed by atoms with van der Waals surface area (Å²) in [6.45, 7) is 3.65. The van der Waals surface area contributed by atoms with Crippen molar-refractivity contribution in [1.82, 2.24) is 14.5 Å². The topological polar surface area (TPSA) is 99.3 Å². The lowest BCUT2D eigenvalue weighted by molar-refractivity contribution is -0.140. The lowest BCUT2D eigenvalue weighted by atomic mass is 10.1. The summed E-state index contributed by atoms with van der Waals surface area (Å²) in [6, 6.07) is 11.1. The summed E-state index contributed by atoms with van der Waals surface area (Å²) >= 11 is 0. The first kappa shape index (κ1) is 29.1. The first-order chi connectivity index (χ1) is 17.0. The third-order valence-electron chi connectivity index (χ3n) is 5.56. The zero-order valence-corrected chi connectivity index (χ0v) is 22.2. The molecule has 0 saturated carbocycles. The fourth-order valence-electron chi connectivity index (χ4n) is 3.58. The Hall–Kier alpha value is -3.18. The number of nitrogens with zero attached hydrogens (tertiary/aromatic N) is 3. The van der Waals surface area contributed by atoms with Crippen molar-refractivity contribution in [3.8, 4) is 5.75 Å². The van der Waals surface area contributed by atoms with E-state index in [0.29, 0.717) is 24.3 Å². The van der Waals surface area contributed by atoms with Crippen LogP contribution in [0.25, 0.3) is 0 Å². The quantitative estimate of drug-likeness (QED) is 0.436. The lowest BCUT2D eigenvalue weighted by Gasteiger charge is -2.34. The molecule has 0 bridgehead atoms. The van der Waals surface area contributed by atoms with Crippen LogP contribution in [0.3, 0.4) is 0 Å².